The van der Waals surface area contributed by atoms with Crippen LogP contribution >= 0.6 is 0 Å². The van der Waals surface area contributed by atoms with Crippen LogP contribution in [0.3, 0.4) is 0 Å². The Hall–Kier alpha value is -1.58. The first-order valence-corrected chi connectivity index (χ1v) is 6.55. The first kappa shape index (κ1) is 13.8. The zero-order chi connectivity index (χ0) is 13.7. The zero-order valence-corrected chi connectivity index (χ0v) is 11.5. The van der Waals surface area contributed by atoms with Crippen LogP contribution in [0, 0.1) is 0 Å². The first-order chi connectivity index (χ1) is 9.10. The molecule has 0 aliphatic carbocycles. The highest BCUT2D eigenvalue weighted by molar-refractivity contribution is 5.21. The van der Waals surface area contributed by atoms with E-state index in [1.165, 1.54) is 0 Å². The molecular formula is C16H21NO2. The Labute approximate surface area is 114 Å². The van der Waals surface area contributed by atoms with Crippen molar-refractivity contribution in [2.24, 2.45) is 0 Å². The largest absolute Gasteiger partial charge is 0.466 e. The van der Waals surface area contributed by atoms with Gasteiger partial charge in [0.1, 0.15) is 11.4 Å². The summed E-state index contributed by atoms with van der Waals surface area (Å²) < 4.78 is 5.43. The molecule has 19 heavy (non-hydrogen) atoms. The van der Waals surface area contributed by atoms with Crippen molar-refractivity contribution in [1.29, 1.82) is 0 Å². The number of hydrogen-bond acceptors (Lipinski definition) is 3. The Bertz CT molecular complexity index is 479. The highest BCUT2D eigenvalue weighted by Crippen LogP contribution is 2.29. The molecule has 102 valence electrons. The van der Waals surface area contributed by atoms with E-state index in [2.05, 4.69) is 4.90 Å². The zero-order valence-electron chi connectivity index (χ0n) is 11.5. The van der Waals surface area contributed by atoms with Crippen molar-refractivity contribution in [2.45, 2.75) is 18.4 Å². The second kappa shape index (κ2) is 6.04. The van der Waals surface area contributed by atoms with Crippen molar-refractivity contribution in [2.75, 3.05) is 20.6 Å². The molecule has 1 unspecified atom stereocenters. The van der Waals surface area contributed by atoms with E-state index in [9.17, 15) is 5.11 Å². The number of nitrogens with zero attached hydrogens (tertiary/aromatic N) is 1. The minimum absolute atomic E-state index is 0.565. The highest BCUT2D eigenvalue weighted by Gasteiger charge is 2.32. The minimum atomic E-state index is -0.949. The van der Waals surface area contributed by atoms with Crippen molar-refractivity contribution in [3.8, 4) is 0 Å². The lowest BCUT2D eigenvalue weighted by Gasteiger charge is -2.27. The van der Waals surface area contributed by atoms with E-state index in [0.29, 0.717) is 18.6 Å². The van der Waals surface area contributed by atoms with Gasteiger partial charge in [-0.05, 0) is 38.2 Å². The van der Waals surface area contributed by atoms with Crippen LogP contribution in [0.25, 0.3) is 0 Å². The maximum atomic E-state index is 11.0. The average Bonchev–Trinajstić information content (AvgIpc) is 2.92. The van der Waals surface area contributed by atoms with Gasteiger partial charge in [-0.1, -0.05) is 30.3 Å². The minimum Gasteiger partial charge on any atom is -0.466 e. The fourth-order valence-electron chi connectivity index (χ4n) is 2.18. The standard InChI is InChI=1S/C16H21NO2/c1-17(2)11-10-16(18,15-9-6-12-19-15)13-14-7-4-3-5-8-14/h3-9,12,18H,10-11,13H2,1-2H3. The number of furan rings is 1. The van der Waals surface area contributed by atoms with E-state index in [1.807, 2.05) is 56.6 Å². The maximum absolute atomic E-state index is 11.0. The van der Waals surface area contributed by atoms with Gasteiger partial charge in [0, 0.05) is 13.0 Å². The molecule has 3 heteroatoms. The van der Waals surface area contributed by atoms with Gasteiger partial charge in [-0.2, -0.15) is 0 Å². The van der Waals surface area contributed by atoms with Crippen molar-refractivity contribution in [3.05, 3.63) is 60.1 Å². The van der Waals surface area contributed by atoms with E-state index in [4.69, 9.17) is 4.42 Å². The molecule has 0 amide bonds. The Morgan fingerprint density at radius 2 is 1.84 bits per heavy atom. The van der Waals surface area contributed by atoms with Crippen molar-refractivity contribution >= 4 is 0 Å². The lowest BCUT2D eigenvalue weighted by atomic mass is 9.88. The SMILES string of the molecule is CN(C)CCC(O)(Cc1ccccc1)c1ccco1. The molecule has 2 rings (SSSR count). The van der Waals surface area contributed by atoms with Crippen LogP contribution in [0.15, 0.2) is 53.1 Å². The van der Waals surface area contributed by atoms with Crippen LogP contribution in [0.1, 0.15) is 17.7 Å². The molecule has 1 N–H and O–H groups in total. The van der Waals surface area contributed by atoms with Crippen LogP contribution in [0.4, 0.5) is 0 Å². The molecule has 1 heterocycles. The van der Waals surface area contributed by atoms with Gasteiger partial charge in [-0.3, -0.25) is 0 Å². The van der Waals surface area contributed by atoms with Gasteiger partial charge in [-0.15, -0.1) is 0 Å². The smallest absolute Gasteiger partial charge is 0.135 e. The molecule has 1 aromatic heterocycles. The van der Waals surface area contributed by atoms with E-state index in [-0.39, 0.29) is 0 Å². The quantitative estimate of drug-likeness (QED) is 0.866. The van der Waals surface area contributed by atoms with Gasteiger partial charge in [0.25, 0.3) is 0 Å². The lowest BCUT2D eigenvalue weighted by Crippen LogP contribution is -2.32. The number of rotatable bonds is 6. The van der Waals surface area contributed by atoms with Gasteiger partial charge in [-0.25, -0.2) is 0 Å². The van der Waals surface area contributed by atoms with Gasteiger partial charge in [0.2, 0.25) is 0 Å². The molecule has 1 aromatic carbocycles. The summed E-state index contributed by atoms with van der Waals surface area (Å²) in [4.78, 5) is 2.07. The molecular weight excluding hydrogens is 238 g/mol. The Morgan fingerprint density at radius 1 is 1.11 bits per heavy atom. The van der Waals surface area contributed by atoms with Crippen LogP contribution in [0.5, 0.6) is 0 Å². The maximum Gasteiger partial charge on any atom is 0.135 e. The molecule has 0 spiro atoms. The van der Waals surface area contributed by atoms with Gasteiger partial charge < -0.3 is 14.4 Å². The molecule has 2 aromatic rings. The fraction of sp³-hybridized carbons (Fsp3) is 0.375. The van der Waals surface area contributed by atoms with Crippen LogP contribution < -0.4 is 0 Å². The molecule has 0 fully saturated rings. The summed E-state index contributed by atoms with van der Waals surface area (Å²) in [5, 5.41) is 11.0. The summed E-state index contributed by atoms with van der Waals surface area (Å²) in [7, 11) is 4.01. The van der Waals surface area contributed by atoms with Crippen molar-refractivity contribution in [3.63, 3.8) is 0 Å². The third-order valence-electron chi connectivity index (χ3n) is 3.29. The van der Waals surface area contributed by atoms with Crippen molar-refractivity contribution < 1.29 is 9.52 Å². The highest BCUT2D eigenvalue weighted by atomic mass is 16.4. The Morgan fingerprint density at radius 3 is 2.42 bits per heavy atom. The molecule has 0 aliphatic rings. The summed E-state index contributed by atoms with van der Waals surface area (Å²) in [6, 6.07) is 13.7. The molecule has 0 saturated carbocycles. The predicted octanol–water partition coefficient (Wildman–Crippen LogP) is 2.66. The summed E-state index contributed by atoms with van der Waals surface area (Å²) in [6.07, 6.45) is 2.82. The Kier molecular flexibility index (Phi) is 4.40. The first-order valence-electron chi connectivity index (χ1n) is 6.55. The molecule has 0 aliphatic heterocycles. The molecule has 1 atom stereocenters. The second-order valence-corrected chi connectivity index (χ2v) is 5.22. The summed E-state index contributed by atoms with van der Waals surface area (Å²) in [5.74, 6) is 0.637. The van der Waals surface area contributed by atoms with E-state index in [0.717, 1.165) is 12.1 Å². The van der Waals surface area contributed by atoms with Crippen molar-refractivity contribution in [1.82, 2.24) is 4.90 Å². The van der Waals surface area contributed by atoms with Crippen LogP contribution in [0.2, 0.25) is 0 Å². The third-order valence-corrected chi connectivity index (χ3v) is 3.29. The number of aliphatic hydroxyl groups is 1. The summed E-state index contributed by atoms with van der Waals surface area (Å²) in [6.45, 7) is 0.810. The number of benzene rings is 1. The monoisotopic (exact) mass is 259 g/mol. The third kappa shape index (κ3) is 3.69. The molecule has 0 bridgehead atoms. The molecule has 0 saturated heterocycles. The Balaban J connectivity index is 2.19. The van der Waals surface area contributed by atoms with E-state index in [1.54, 1.807) is 6.26 Å². The van der Waals surface area contributed by atoms with Gasteiger partial charge in [0.05, 0.1) is 6.26 Å². The predicted molar refractivity (Wildman–Crippen MR) is 75.9 cm³/mol. The van der Waals surface area contributed by atoms with Crippen LogP contribution in [-0.2, 0) is 12.0 Å². The lowest BCUT2D eigenvalue weighted by molar-refractivity contribution is 0.000771. The van der Waals surface area contributed by atoms with E-state index >= 15 is 0 Å². The normalized spacial score (nSPS) is 14.5. The summed E-state index contributed by atoms with van der Waals surface area (Å²) in [5.41, 5.74) is 0.162. The topological polar surface area (TPSA) is 36.6 Å². The summed E-state index contributed by atoms with van der Waals surface area (Å²) >= 11 is 0. The molecule has 3 nitrogen and oxygen atoms in total. The molecule has 0 radical (unpaired) electrons. The van der Waals surface area contributed by atoms with Gasteiger partial charge >= 0.3 is 0 Å². The second-order valence-electron chi connectivity index (χ2n) is 5.22. The van der Waals surface area contributed by atoms with Crippen LogP contribution in [-0.4, -0.2) is 30.6 Å². The van der Waals surface area contributed by atoms with Gasteiger partial charge in [0.15, 0.2) is 0 Å². The fourth-order valence-corrected chi connectivity index (χ4v) is 2.18. The number of hydrogen-bond donors (Lipinski definition) is 1. The average molecular weight is 259 g/mol. The van der Waals surface area contributed by atoms with E-state index < -0.39 is 5.60 Å².